The molecule has 4 aromatic rings. The third-order valence-electron chi connectivity index (χ3n) is 6.93. The zero-order chi connectivity index (χ0) is 23.0. The summed E-state index contributed by atoms with van der Waals surface area (Å²) in [7, 11) is 2.13. The van der Waals surface area contributed by atoms with Crippen molar-refractivity contribution in [3.05, 3.63) is 46.9 Å². The van der Waals surface area contributed by atoms with Gasteiger partial charge in [0, 0.05) is 36.4 Å². The molecular weight excluding hydrogens is 461 g/mol. The fourth-order valence-corrected chi connectivity index (χ4v) is 7.40. The van der Waals surface area contributed by atoms with E-state index in [9.17, 15) is 9.18 Å². The topological polar surface area (TPSA) is 80.9 Å². The van der Waals surface area contributed by atoms with Crippen LogP contribution in [0.3, 0.4) is 0 Å². The third kappa shape index (κ3) is 3.58. The fraction of sp³-hybridized carbons (Fsp3) is 0.455. The predicted octanol–water partition coefficient (Wildman–Crippen LogP) is 3.73. The first-order chi connectivity index (χ1) is 15.7. The van der Waals surface area contributed by atoms with Crippen LogP contribution in [0, 0.1) is 5.82 Å². The van der Waals surface area contributed by atoms with Crippen molar-refractivity contribution in [3.8, 4) is 10.8 Å². The number of nitrogens with zero attached hydrogens (tertiary/aromatic N) is 6. The van der Waals surface area contributed by atoms with Crippen LogP contribution in [0.5, 0.6) is 0 Å². The molecule has 2 fully saturated rings. The molecule has 11 heteroatoms. The lowest BCUT2D eigenvalue weighted by Crippen LogP contribution is -2.58. The summed E-state index contributed by atoms with van der Waals surface area (Å²) in [6.45, 7) is 4.66. The van der Waals surface area contributed by atoms with Gasteiger partial charge in [-0.05, 0) is 45.6 Å². The summed E-state index contributed by atoms with van der Waals surface area (Å²) >= 11 is 2.96. The van der Waals surface area contributed by atoms with Gasteiger partial charge in [0.2, 0.25) is 0 Å². The smallest absolute Gasteiger partial charge is 0.259 e. The van der Waals surface area contributed by atoms with E-state index in [0.29, 0.717) is 16.9 Å². The van der Waals surface area contributed by atoms with Crippen LogP contribution in [0.2, 0.25) is 0 Å². The number of anilines is 1. The number of nitrogens with one attached hydrogen (secondary N) is 1. The Hall–Kier alpha value is -2.63. The van der Waals surface area contributed by atoms with E-state index >= 15 is 0 Å². The highest BCUT2D eigenvalue weighted by Gasteiger charge is 2.49. The molecule has 0 aliphatic carbocycles. The number of fused-ring (bicyclic) bond motifs is 3. The first kappa shape index (κ1) is 20.9. The standard InChI is InChI=1S/C22H24FN7OS2/c1-21-5-6-22(2,27-21)10-15(9-21)28(3)19-25-17-18(32-19)26-20(33-17)29-7-4-14(8-16(29)31)30-12-13(23)11-24-30/h4,7-8,11-12,15,27H,5-6,9-10H2,1-3H3/t15?,21-,22+. The Kier molecular flexibility index (Phi) is 4.56. The minimum atomic E-state index is -0.452. The molecule has 1 N–H and O–H groups in total. The maximum absolute atomic E-state index is 13.2. The van der Waals surface area contributed by atoms with E-state index in [1.165, 1.54) is 45.7 Å². The van der Waals surface area contributed by atoms with Gasteiger partial charge in [-0.1, -0.05) is 22.7 Å². The Morgan fingerprint density at radius 1 is 1.18 bits per heavy atom. The third-order valence-corrected chi connectivity index (χ3v) is 9.05. The molecule has 0 aromatic carbocycles. The molecule has 172 valence electrons. The average Bonchev–Trinajstić information content (AvgIpc) is 3.49. The molecule has 0 saturated carbocycles. The van der Waals surface area contributed by atoms with Crippen LogP contribution in [0.4, 0.5) is 9.52 Å². The normalized spacial score (nSPS) is 26.8. The van der Waals surface area contributed by atoms with Gasteiger partial charge in [-0.25, -0.2) is 19.0 Å². The highest BCUT2D eigenvalue weighted by molar-refractivity contribution is 7.29. The number of halogens is 1. The number of aromatic nitrogens is 5. The number of hydrogen-bond donors (Lipinski definition) is 1. The first-order valence-electron chi connectivity index (χ1n) is 10.9. The molecule has 2 aliphatic heterocycles. The molecule has 4 aromatic heterocycles. The summed E-state index contributed by atoms with van der Waals surface area (Å²) in [6, 6.07) is 3.56. The lowest BCUT2D eigenvalue weighted by atomic mass is 9.84. The molecule has 0 amide bonds. The van der Waals surface area contributed by atoms with Crippen LogP contribution in [0.15, 0.2) is 35.5 Å². The van der Waals surface area contributed by atoms with E-state index in [0.717, 1.165) is 33.8 Å². The minimum absolute atomic E-state index is 0.196. The second-order valence-electron chi connectivity index (χ2n) is 9.72. The van der Waals surface area contributed by atoms with Crippen LogP contribution in [0.1, 0.15) is 39.5 Å². The quantitative estimate of drug-likeness (QED) is 0.475. The van der Waals surface area contributed by atoms with Gasteiger partial charge in [-0.2, -0.15) is 5.10 Å². The minimum Gasteiger partial charge on any atom is -0.348 e. The van der Waals surface area contributed by atoms with E-state index in [1.807, 2.05) is 0 Å². The molecule has 0 spiro atoms. The lowest BCUT2D eigenvalue weighted by molar-refractivity contribution is 0.208. The van der Waals surface area contributed by atoms with Crippen molar-refractivity contribution >= 4 is 37.5 Å². The van der Waals surface area contributed by atoms with Crippen molar-refractivity contribution in [2.24, 2.45) is 0 Å². The number of rotatable bonds is 4. The summed E-state index contributed by atoms with van der Waals surface area (Å²) in [6.07, 6.45) is 8.62. The Morgan fingerprint density at radius 3 is 2.55 bits per heavy atom. The van der Waals surface area contributed by atoms with E-state index in [-0.39, 0.29) is 16.6 Å². The molecule has 2 bridgehead atoms. The van der Waals surface area contributed by atoms with Crippen molar-refractivity contribution in [2.45, 2.75) is 56.7 Å². The van der Waals surface area contributed by atoms with Crippen LogP contribution in [0.25, 0.3) is 20.5 Å². The van der Waals surface area contributed by atoms with Gasteiger partial charge in [0.05, 0.1) is 18.1 Å². The monoisotopic (exact) mass is 485 g/mol. The zero-order valence-electron chi connectivity index (χ0n) is 18.6. The fourth-order valence-electron chi connectivity index (χ4n) is 5.34. The van der Waals surface area contributed by atoms with Gasteiger partial charge < -0.3 is 10.2 Å². The van der Waals surface area contributed by atoms with Gasteiger partial charge in [-0.15, -0.1) is 0 Å². The van der Waals surface area contributed by atoms with E-state index in [4.69, 9.17) is 4.98 Å². The van der Waals surface area contributed by atoms with Gasteiger partial charge in [0.25, 0.3) is 5.56 Å². The zero-order valence-corrected chi connectivity index (χ0v) is 20.2. The Labute approximate surface area is 197 Å². The van der Waals surface area contributed by atoms with Crippen LogP contribution in [-0.2, 0) is 0 Å². The van der Waals surface area contributed by atoms with Gasteiger partial charge in [-0.3, -0.25) is 9.36 Å². The van der Waals surface area contributed by atoms with Crippen molar-refractivity contribution in [1.29, 1.82) is 0 Å². The second-order valence-corrected chi connectivity index (χ2v) is 11.6. The number of hydrogen-bond acceptors (Lipinski definition) is 8. The number of thiazole rings is 2. The van der Waals surface area contributed by atoms with Crippen LogP contribution >= 0.6 is 22.7 Å². The molecule has 33 heavy (non-hydrogen) atoms. The molecule has 2 saturated heterocycles. The Bertz CT molecular complexity index is 1370. The van der Waals surface area contributed by atoms with Crippen molar-refractivity contribution in [2.75, 3.05) is 11.9 Å². The van der Waals surface area contributed by atoms with E-state index in [2.05, 4.69) is 41.2 Å². The number of pyridine rings is 1. The molecule has 2 aliphatic rings. The number of piperidine rings is 1. The highest BCUT2D eigenvalue weighted by atomic mass is 32.1. The lowest BCUT2D eigenvalue weighted by Gasteiger charge is -2.45. The van der Waals surface area contributed by atoms with Crippen LogP contribution < -0.4 is 15.8 Å². The summed E-state index contributed by atoms with van der Waals surface area (Å²) in [5, 5.41) is 9.28. The molecule has 8 nitrogen and oxygen atoms in total. The van der Waals surface area contributed by atoms with Crippen molar-refractivity contribution in [3.63, 3.8) is 0 Å². The summed E-state index contributed by atoms with van der Waals surface area (Å²) in [5.74, 6) is -0.452. The molecule has 1 unspecified atom stereocenters. The molecule has 3 atom stereocenters. The van der Waals surface area contributed by atoms with Crippen molar-refractivity contribution in [1.82, 2.24) is 29.6 Å². The van der Waals surface area contributed by atoms with Gasteiger partial charge in [0.1, 0.15) is 0 Å². The van der Waals surface area contributed by atoms with E-state index in [1.54, 1.807) is 23.6 Å². The molecule has 6 rings (SSSR count). The molecule has 0 radical (unpaired) electrons. The molecular formula is C22H24FN7OS2. The van der Waals surface area contributed by atoms with E-state index < -0.39 is 5.82 Å². The Morgan fingerprint density at radius 2 is 1.91 bits per heavy atom. The average molecular weight is 486 g/mol. The van der Waals surface area contributed by atoms with Crippen molar-refractivity contribution < 1.29 is 4.39 Å². The SMILES string of the molecule is CN(c1nc2sc(-n3ccc(-n4cc(F)cn4)cc3=O)nc2s1)C1C[C@]2(C)CC[C@](C)(C1)N2. The van der Waals surface area contributed by atoms with Crippen LogP contribution in [-0.4, -0.2) is 48.5 Å². The molecule has 6 heterocycles. The summed E-state index contributed by atoms with van der Waals surface area (Å²) in [4.78, 5) is 26.2. The van der Waals surface area contributed by atoms with Gasteiger partial charge >= 0.3 is 0 Å². The summed E-state index contributed by atoms with van der Waals surface area (Å²) in [5.41, 5.74) is 0.635. The maximum Gasteiger partial charge on any atom is 0.259 e. The predicted molar refractivity (Wildman–Crippen MR) is 129 cm³/mol. The second kappa shape index (κ2) is 7.18. The summed E-state index contributed by atoms with van der Waals surface area (Å²) < 4.78 is 16.1. The van der Waals surface area contributed by atoms with Gasteiger partial charge in [0.15, 0.2) is 25.7 Å². The highest BCUT2D eigenvalue weighted by Crippen LogP contribution is 2.44. The first-order valence-corrected chi connectivity index (χ1v) is 12.6. The maximum atomic E-state index is 13.2. The largest absolute Gasteiger partial charge is 0.348 e. The Balaban J connectivity index is 1.26.